The number of non-ortho nitro benzene ring substituents is 1. The number of nitro benzene ring substituents is 1. The van der Waals surface area contributed by atoms with Crippen LogP contribution in [0.25, 0.3) is 0 Å². The van der Waals surface area contributed by atoms with E-state index in [2.05, 4.69) is 15.0 Å². The number of anilines is 2. The minimum absolute atomic E-state index is 0.0560. The van der Waals surface area contributed by atoms with Gasteiger partial charge in [0.25, 0.3) is 21.6 Å². The van der Waals surface area contributed by atoms with Crippen LogP contribution in [-0.4, -0.2) is 49.6 Å². The zero-order valence-electron chi connectivity index (χ0n) is 18.6. The van der Waals surface area contributed by atoms with E-state index in [0.717, 1.165) is 6.41 Å². The lowest BCUT2D eigenvalue weighted by atomic mass is 10.1. The van der Waals surface area contributed by atoms with Gasteiger partial charge in [0.2, 0.25) is 6.41 Å². The van der Waals surface area contributed by atoms with Crippen LogP contribution in [0, 0.1) is 17.0 Å². The molecule has 1 aromatic heterocycles. The van der Waals surface area contributed by atoms with Gasteiger partial charge in [-0.3, -0.25) is 24.4 Å². The molecule has 178 valence electrons. The number of hydrogen-bond acceptors (Lipinski definition) is 7. The van der Waals surface area contributed by atoms with Gasteiger partial charge in [0.05, 0.1) is 9.82 Å². The van der Waals surface area contributed by atoms with E-state index in [1.165, 1.54) is 59.6 Å². The number of aromatic nitrogens is 1. The Morgan fingerprint density at radius 3 is 2.26 bits per heavy atom. The van der Waals surface area contributed by atoms with Crippen LogP contribution in [0.1, 0.15) is 15.9 Å². The Labute approximate surface area is 196 Å². The first kappa shape index (κ1) is 25.9. The number of aryl methyl sites for hydroxylation is 1. The van der Waals surface area contributed by atoms with Gasteiger partial charge in [0, 0.05) is 43.7 Å². The normalized spacial score (nSPS) is 10.3. The molecule has 0 unspecified atom stereocenters. The highest BCUT2D eigenvalue weighted by Gasteiger charge is 2.20. The lowest BCUT2D eigenvalue weighted by molar-refractivity contribution is -0.384. The van der Waals surface area contributed by atoms with E-state index < -0.39 is 20.9 Å². The van der Waals surface area contributed by atoms with Crippen LogP contribution in [0.15, 0.2) is 71.8 Å². The standard InChI is InChI=1S/C19H16N4O5S.C3H7NO/c1-13-5-6-14(19(24)21-15-7-9-16(10-8-15)23(25)26)12-17(13)29(27,28)22-18-4-2-3-11-20-18;1-4(2)3-5/h2-12H,1H3,(H,20,22)(H,21,24);3H,1-2H3. The summed E-state index contributed by atoms with van der Waals surface area (Å²) in [6.07, 6.45) is 2.21. The number of amides is 2. The molecule has 2 amide bonds. The molecule has 0 saturated carbocycles. The molecule has 3 rings (SSSR count). The molecule has 12 heteroatoms. The summed E-state index contributed by atoms with van der Waals surface area (Å²) in [7, 11) is -0.580. The fraction of sp³-hybridized carbons (Fsp3) is 0.136. The van der Waals surface area contributed by atoms with Gasteiger partial charge in [0.15, 0.2) is 0 Å². The molecule has 1 heterocycles. The van der Waals surface area contributed by atoms with Crippen LogP contribution >= 0.6 is 0 Å². The fourth-order valence-corrected chi connectivity index (χ4v) is 3.80. The van der Waals surface area contributed by atoms with E-state index in [1.807, 2.05) is 0 Å². The monoisotopic (exact) mass is 485 g/mol. The zero-order chi connectivity index (χ0) is 25.3. The fourth-order valence-electron chi connectivity index (χ4n) is 2.52. The molecule has 34 heavy (non-hydrogen) atoms. The highest BCUT2D eigenvalue weighted by Crippen LogP contribution is 2.21. The number of carbonyl (C=O) groups excluding carboxylic acids is 2. The van der Waals surface area contributed by atoms with Crippen molar-refractivity contribution in [1.82, 2.24) is 9.88 Å². The molecule has 0 spiro atoms. The summed E-state index contributed by atoms with van der Waals surface area (Å²) in [6.45, 7) is 1.62. The van der Waals surface area contributed by atoms with Gasteiger partial charge in [-0.1, -0.05) is 12.1 Å². The minimum Gasteiger partial charge on any atom is -0.351 e. The molecule has 0 atom stereocenters. The Hall–Kier alpha value is -4.32. The first-order chi connectivity index (χ1) is 16.0. The summed E-state index contributed by atoms with van der Waals surface area (Å²) in [5.74, 6) is -0.388. The summed E-state index contributed by atoms with van der Waals surface area (Å²) < 4.78 is 27.8. The smallest absolute Gasteiger partial charge is 0.269 e. The summed E-state index contributed by atoms with van der Waals surface area (Å²) >= 11 is 0. The molecule has 0 aliphatic rings. The number of pyridine rings is 1. The highest BCUT2D eigenvalue weighted by atomic mass is 32.2. The average molecular weight is 486 g/mol. The second-order valence-electron chi connectivity index (χ2n) is 7.13. The van der Waals surface area contributed by atoms with Gasteiger partial charge >= 0.3 is 0 Å². The van der Waals surface area contributed by atoms with E-state index in [0.29, 0.717) is 11.3 Å². The molecule has 0 radical (unpaired) electrons. The molecule has 0 bridgehead atoms. The maximum Gasteiger partial charge on any atom is 0.269 e. The third-order valence-electron chi connectivity index (χ3n) is 4.19. The maximum atomic E-state index is 12.7. The molecule has 2 N–H and O–H groups in total. The van der Waals surface area contributed by atoms with Crippen molar-refractivity contribution in [3.63, 3.8) is 0 Å². The lowest BCUT2D eigenvalue weighted by Gasteiger charge is -2.12. The first-order valence-corrected chi connectivity index (χ1v) is 11.2. The van der Waals surface area contributed by atoms with Gasteiger partial charge in [-0.05, 0) is 48.9 Å². The van der Waals surface area contributed by atoms with Crippen LogP contribution in [0.3, 0.4) is 0 Å². The number of carbonyl (C=O) groups is 2. The number of rotatable bonds is 7. The Morgan fingerprint density at radius 1 is 1.09 bits per heavy atom. The quantitative estimate of drug-likeness (QED) is 0.296. The molecule has 3 aromatic rings. The van der Waals surface area contributed by atoms with E-state index in [-0.39, 0.29) is 22.0 Å². The Morgan fingerprint density at radius 2 is 1.74 bits per heavy atom. The molecule has 2 aromatic carbocycles. The third-order valence-corrected chi connectivity index (χ3v) is 5.69. The highest BCUT2D eigenvalue weighted by molar-refractivity contribution is 7.92. The van der Waals surface area contributed by atoms with E-state index in [9.17, 15) is 28.1 Å². The number of nitrogens with one attached hydrogen (secondary N) is 2. The van der Waals surface area contributed by atoms with Crippen LogP contribution in [0.4, 0.5) is 17.2 Å². The molecule has 0 fully saturated rings. The number of hydrogen-bond donors (Lipinski definition) is 2. The number of nitrogens with zero attached hydrogens (tertiary/aromatic N) is 3. The largest absolute Gasteiger partial charge is 0.351 e. The van der Waals surface area contributed by atoms with E-state index in [4.69, 9.17) is 0 Å². The SMILES string of the molecule is CN(C)C=O.Cc1ccc(C(=O)Nc2ccc([N+](=O)[O-])cc2)cc1S(=O)(=O)Nc1ccccn1. The number of sulfonamides is 1. The molecule has 0 saturated heterocycles. The average Bonchev–Trinajstić information content (AvgIpc) is 2.80. The van der Waals surface area contributed by atoms with E-state index >= 15 is 0 Å². The van der Waals surface area contributed by atoms with Crippen molar-refractivity contribution in [3.05, 3.63) is 88.1 Å². The van der Waals surface area contributed by atoms with Gasteiger partial charge in [-0.15, -0.1) is 0 Å². The predicted octanol–water partition coefficient (Wildman–Crippen LogP) is 3.06. The summed E-state index contributed by atoms with van der Waals surface area (Å²) in [5.41, 5.74) is 0.820. The van der Waals surface area contributed by atoms with Crippen LogP contribution in [0.2, 0.25) is 0 Å². The predicted molar refractivity (Wildman–Crippen MR) is 127 cm³/mol. The molecule has 0 aliphatic heterocycles. The molecular formula is C22H23N5O6S. The second-order valence-corrected chi connectivity index (χ2v) is 8.78. The number of benzene rings is 2. The molecule has 11 nitrogen and oxygen atoms in total. The van der Waals surface area contributed by atoms with Crippen molar-refractivity contribution < 1.29 is 22.9 Å². The van der Waals surface area contributed by atoms with Gasteiger partial charge < -0.3 is 10.2 Å². The Kier molecular flexibility index (Phi) is 8.79. The Balaban J connectivity index is 0.000000739. The summed E-state index contributed by atoms with van der Waals surface area (Å²) in [4.78, 5) is 37.4. The first-order valence-electron chi connectivity index (χ1n) is 9.75. The van der Waals surface area contributed by atoms with Gasteiger partial charge in [-0.2, -0.15) is 0 Å². The maximum absolute atomic E-state index is 12.7. The second kappa shape index (κ2) is 11.5. The van der Waals surface area contributed by atoms with Crippen molar-refractivity contribution in [2.75, 3.05) is 24.1 Å². The third kappa shape index (κ3) is 7.38. The zero-order valence-corrected chi connectivity index (χ0v) is 19.4. The Bertz CT molecular complexity index is 1260. The minimum atomic E-state index is -3.96. The van der Waals surface area contributed by atoms with Crippen molar-refractivity contribution in [2.45, 2.75) is 11.8 Å². The van der Waals surface area contributed by atoms with E-state index in [1.54, 1.807) is 33.2 Å². The van der Waals surface area contributed by atoms with Crippen molar-refractivity contribution in [2.24, 2.45) is 0 Å². The molecular weight excluding hydrogens is 462 g/mol. The van der Waals surface area contributed by atoms with Crippen LogP contribution in [-0.2, 0) is 14.8 Å². The van der Waals surface area contributed by atoms with Gasteiger partial charge in [0.1, 0.15) is 5.82 Å². The summed E-state index contributed by atoms with van der Waals surface area (Å²) in [6, 6.07) is 14.4. The van der Waals surface area contributed by atoms with Crippen LogP contribution in [0.5, 0.6) is 0 Å². The number of nitro groups is 1. The van der Waals surface area contributed by atoms with Crippen molar-refractivity contribution in [1.29, 1.82) is 0 Å². The lowest BCUT2D eigenvalue weighted by Crippen LogP contribution is -2.17. The van der Waals surface area contributed by atoms with Crippen molar-refractivity contribution >= 4 is 39.5 Å². The van der Waals surface area contributed by atoms with Crippen molar-refractivity contribution in [3.8, 4) is 0 Å². The summed E-state index contributed by atoms with van der Waals surface area (Å²) in [5, 5.41) is 13.3. The molecule has 0 aliphatic carbocycles. The topological polar surface area (TPSA) is 152 Å². The van der Waals surface area contributed by atoms with Gasteiger partial charge in [-0.25, -0.2) is 13.4 Å². The van der Waals surface area contributed by atoms with Crippen LogP contribution < -0.4 is 10.0 Å².